The van der Waals surface area contributed by atoms with Crippen molar-refractivity contribution in [2.24, 2.45) is 5.92 Å². The summed E-state index contributed by atoms with van der Waals surface area (Å²) in [4.78, 5) is 2.39. The highest BCUT2D eigenvalue weighted by atomic mass is 16.5. The van der Waals surface area contributed by atoms with Gasteiger partial charge in [0.1, 0.15) is 18.0 Å². The lowest BCUT2D eigenvalue weighted by atomic mass is 9.57. The second-order valence-corrected chi connectivity index (χ2v) is 7.36. The van der Waals surface area contributed by atoms with Gasteiger partial charge < -0.3 is 19.8 Å². The lowest BCUT2D eigenvalue weighted by Gasteiger charge is -2.52. The first-order valence-corrected chi connectivity index (χ1v) is 8.48. The Balaban J connectivity index is 1.97. The highest BCUT2D eigenvalue weighted by Gasteiger charge is 2.60. The summed E-state index contributed by atoms with van der Waals surface area (Å²) in [5.41, 5.74) is 3.04. The first-order valence-electron chi connectivity index (χ1n) is 8.48. The molecule has 1 saturated heterocycles. The summed E-state index contributed by atoms with van der Waals surface area (Å²) in [5.74, 6) is 1.12. The fourth-order valence-electron chi connectivity index (χ4n) is 5.04. The maximum atomic E-state index is 10.6. The van der Waals surface area contributed by atoms with Crippen molar-refractivity contribution in [3.8, 4) is 5.75 Å². The van der Waals surface area contributed by atoms with Crippen molar-refractivity contribution in [3.63, 3.8) is 0 Å². The van der Waals surface area contributed by atoms with E-state index < -0.39 is 6.10 Å². The van der Waals surface area contributed by atoms with Crippen LogP contribution in [0.25, 0.3) is 0 Å². The molecule has 23 heavy (non-hydrogen) atoms. The van der Waals surface area contributed by atoms with Crippen molar-refractivity contribution in [1.82, 2.24) is 4.90 Å². The van der Waals surface area contributed by atoms with Gasteiger partial charge in [-0.3, -0.25) is 0 Å². The molecule has 2 heterocycles. The lowest BCUT2D eigenvalue weighted by molar-refractivity contribution is -0.0369. The molecule has 0 bridgehead atoms. The van der Waals surface area contributed by atoms with Crippen molar-refractivity contribution < 1.29 is 14.9 Å². The third-order valence-electron chi connectivity index (χ3n) is 6.35. The summed E-state index contributed by atoms with van der Waals surface area (Å²) in [7, 11) is 2.17. The molecular formula is C19H25NO3. The fourth-order valence-corrected chi connectivity index (χ4v) is 5.04. The number of hydrogen-bond acceptors (Lipinski definition) is 4. The number of fused-ring (bicyclic) bond motifs is 1. The zero-order chi connectivity index (χ0) is 16.4. The smallest absolute Gasteiger partial charge is 0.138 e. The predicted octanol–water partition coefficient (Wildman–Crippen LogP) is 1.76. The van der Waals surface area contributed by atoms with Crippen LogP contribution < -0.4 is 4.74 Å². The molecule has 1 aliphatic carbocycles. The van der Waals surface area contributed by atoms with Crippen LogP contribution in [0.2, 0.25) is 0 Å². The van der Waals surface area contributed by atoms with Crippen LogP contribution in [0.5, 0.6) is 5.75 Å². The van der Waals surface area contributed by atoms with Crippen LogP contribution in [0.3, 0.4) is 0 Å². The van der Waals surface area contributed by atoms with E-state index in [0.29, 0.717) is 12.0 Å². The molecule has 2 N–H and O–H groups in total. The van der Waals surface area contributed by atoms with Crippen molar-refractivity contribution in [1.29, 1.82) is 0 Å². The predicted molar refractivity (Wildman–Crippen MR) is 88.5 cm³/mol. The minimum atomic E-state index is -0.597. The molecule has 0 radical (unpaired) electrons. The molecule has 2 aliphatic heterocycles. The topological polar surface area (TPSA) is 52.9 Å². The van der Waals surface area contributed by atoms with Crippen molar-refractivity contribution in [2.45, 2.75) is 50.5 Å². The van der Waals surface area contributed by atoms with Gasteiger partial charge in [-0.1, -0.05) is 24.3 Å². The average Bonchev–Trinajstić information content (AvgIpc) is 2.89. The second kappa shape index (κ2) is 5.07. The minimum Gasteiger partial charge on any atom is -0.486 e. The molecule has 3 aliphatic rings. The zero-order valence-electron chi connectivity index (χ0n) is 14.0. The standard InChI is InChI=1S/C19H25NO3/c1-11-4-5-13(10-21)17-16(11)19-8-9-20(3)12(2)14(19)6-7-15(22)18(19)23-17/h4-7,12,14-15,18,21-22H,8-10H2,1-3H3/t12-,14?,15?,18+,19+/m1/s1. The number of hydrogen-bond donors (Lipinski definition) is 2. The number of ether oxygens (including phenoxy) is 1. The molecule has 5 atom stereocenters. The SMILES string of the molecule is Cc1ccc(CO)c2c1[C@]13CCN(C)[C@H](C)C1C=CC(O)[C@@H]3O2. The average molecular weight is 315 g/mol. The Kier molecular flexibility index (Phi) is 3.34. The maximum absolute atomic E-state index is 10.6. The Bertz CT molecular complexity index is 671. The second-order valence-electron chi connectivity index (χ2n) is 7.36. The Morgan fingerprint density at radius 1 is 1.35 bits per heavy atom. The van der Waals surface area contributed by atoms with E-state index in [1.165, 1.54) is 11.1 Å². The molecule has 4 nitrogen and oxygen atoms in total. The zero-order valence-corrected chi connectivity index (χ0v) is 14.0. The molecule has 1 spiro atoms. The van der Waals surface area contributed by atoms with Crippen LogP contribution in [0, 0.1) is 12.8 Å². The molecule has 2 unspecified atom stereocenters. The number of likely N-dealkylation sites (tertiary alicyclic amines) is 1. The monoisotopic (exact) mass is 315 g/mol. The molecular weight excluding hydrogens is 290 g/mol. The molecule has 1 aromatic carbocycles. The van der Waals surface area contributed by atoms with E-state index in [-0.39, 0.29) is 18.1 Å². The highest BCUT2D eigenvalue weighted by molar-refractivity contribution is 5.57. The van der Waals surface area contributed by atoms with Crippen molar-refractivity contribution in [3.05, 3.63) is 41.0 Å². The van der Waals surface area contributed by atoms with E-state index in [0.717, 1.165) is 24.3 Å². The lowest BCUT2D eigenvalue weighted by Crippen LogP contribution is -2.61. The molecule has 1 aromatic rings. The Morgan fingerprint density at radius 3 is 2.87 bits per heavy atom. The molecule has 0 saturated carbocycles. The summed E-state index contributed by atoms with van der Waals surface area (Å²) in [6.07, 6.45) is 4.19. The first kappa shape index (κ1) is 15.2. The Hall–Kier alpha value is -1.36. The summed E-state index contributed by atoms with van der Waals surface area (Å²) in [6.45, 7) is 5.33. The summed E-state index contributed by atoms with van der Waals surface area (Å²) >= 11 is 0. The van der Waals surface area contributed by atoms with Gasteiger partial charge in [-0.2, -0.15) is 0 Å². The number of rotatable bonds is 1. The normalized spacial score (nSPS) is 38.7. The van der Waals surface area contributed by atoms with Gasteiger partial charge in [0.25, 0.3) is 0 Å². The van der Waals surface area contributed by atoms with Crippen LogP contribution in [-0.2, 0) is 12.0 Å². The van der Waals surface area contributed by atoms with Gasteiger partial charge in [0, 0.05) is 28.5 Å². The van der Waals surface area contributed by atoms with Gasteiger partial charge in [0.05, 0.1) is 6.61 Å². The fraction of sp³-hybridized carbons (Fsp3) is 0.579. The van der Waals surface area contributed by atoms with Gasteiger partial charge in [-0.05, 0) is 39.4 Å². The molecule has 4 heteroatoms. The summed E-state index contributed by atoms with van der Waals surface area (Å²) in [6, 6.07) is 4.41. The maximum Gasteiger partial charge on any atom is 0.138 e. The van der Waals surface area contributed by atoms with Gasteiger partial charge in [0.2, 0.25) is 0 Å². The van der Waals surface area contributed by atoms with Crippen LogP contribution >= 0.6 is 0 Å². The number of aryl methyl sites for hydroxylation is 1. The third kappa shape index (κ3) is 1.83. The summed E-state index contributed by atoms with van der Waals surface area (Å²) in [5, 5.41) is 20.3. The van der Waals surface area contributed by atoms with Gasteiger partial charge in [-0.15, -0.1) is 0 Å². The molecule has 0 amide bonds. The van der Waals surface area contributed by atoms with Crippen molar-refractivity contribution >= 4 is 0 Å². The number of aliphatic hydroxyl groups is 2. The van der Waals surface area contributed by atoms with E-state index in [2.05, 4.69) is 37.9 Å². The van der Waals surface area contributed by atoms with E-state index >= 15 is 0 Å². The third-order valence-corrected chi connectivity index (χ3v) is 6.35. The molecule has 0 aromatic heterocycles. The van der Waals surface area contributed by atoms with Crippen LogP contribution in [0.4, 0.5) is 0 Å². The van der Waals surface area contributed by atoms with Gasteiger partial charge in [0.15, 0.2) is 0 Å². The van der Waals surface area contributed by atoms with E-state index in [1.54, 1.807) is 0 Å². The quantitative estimate of drug-likeness (QED) is 0.776. The Morgan fingerprint density at radius 2 is 2.13 bits per heavy atom. The van der Waals surface area contributed by atoms with Gasteiger partial charge in [-0.25, -0.2) is 0 Å². The van der Waals surface area contributed by atoms with Crippen LogP contribution in [0.1, 0.15) is 30.0 Å². The Labute approximate surface area is 137 Å². The highest BCUT2D eigenvalue weighted by Crippen LogP contribution is 2.58. The van der Waals surface area contributed by atoms with Crippen LogP contribution in [0.15, 0.2) is 24.3 Å². The van der Waals surface area contributed by atoms with E-state index in [1.807, 2.05) is 12.1 Å². The van der Waals surface area contributed by atoms with Crippen LogP contribution in [-0.4, -0.2) is 47.0 Å². The molecule has 124 valence electrons. The largest absolute Gasteiger partial charge is 0.486 e. The summed E-state index contributed by atoms with van der Waals surface area (Å²) < 4.78 is 6.29. The van der Waals surface area contributed by atoms with E-state index in [9.17, 15) is 10.2 Å². The van der Waals surface area contributed by atoms with Gasteiger partial charge >= 0.3 is 0 Å². The number of benzene rings is 1. The first-order chi connectivity index (χ1) is 11.0. The van der Waals surface area contributed by atoms with Crippen molar-refractivity contribution in [2.75, 3.05) is 13.6 Å². The molecule has 4 rings (SSSR count). The minimum absolute atomic E-state index is 0.0327. The number of nitrogens with zero attached hydrogens (tertiary/aromatic N) is 1. The van der Waals surface area contributed by atoms with E-state index in [4.69, 9.17) is 4.74 Å². The number of piperidine rings is 1. The molecule has 1 fully saturated rings. The number of aliphatic hydroxyl groups excluding tert-OH is 2.